The summed E-state index contributed by atoms with van der Waals surface area (Å²) in [7, 11) is 0. The van der Waals surface area contributed by atoms with Gasteiger partial charge in [0.25, 0.3) is 5.22 Å². The van der Waals surface area contributed by atoms with Crippen molar-refractivity contribution in [1.29, 1.82) is 0 Å². The molecule has 2 aromatic carbocycles. The second-order valence-corrected chi connectivity index (χ2v) is 7.00. The summed E-state index contributed by atoms with van der Waals surface area (Å²) >= 11 is 1.29. The molecule has 5 aromatic rings. The summed E-state index contributed by atoms with van der Waals surface area (Å²) in [6, 6.07) is 19.9. The van der Waals surface area contributed by atoms with E-state index in [4.69, 9.17) is 4.42 Å². The molecule has 0 unspecified atom stereocenters. The average molecular weight is 386 g/mol. The van der Waals surface area contributed by atoms with Crippen LogP contribution >= 0.6 is 11.8 Å². The highest BCUT2D eigenvalue weighted by Gasteiger charge is 2.15. The maximum absolute atomic E-state index is 5.78. The minimum Gasteiger partial charge on any atom is -0.415 e. The lowest BCUT2D eigenvalue weighted by Crippen LogP contribution is -1.87. The molecule has 7 nitrogen and oxygen atoms in total. The number of fused-ring (bicyclic) bond motifs is 1. The van der Waals surface area contributed by atoms with Gasteiger partial charge in [-0.25, -0.2) is 15.0 Å². The van der Waals surface area contributed by atoms with Crippen LogP contribution in [0.25, 0.3) is 22.6 Å². The third-order valence-corrected chi connectivity index (χ3v) is 4.97. The number of hydrogen-bond donors (Lipinski definition) is 1. The molecule has 3 heterocycles. The highest BCUT2D eigenvalue weighted by Crippen LogP contribution is 2.30. The first-order chi connectivity index (χ1) is 13.8. The summed E-state index contributed by atoms with van der Waals surface area (Å²) in [5.41, 5.74) is 3.45. The lowest BCUT2D eigenvalue weighted by molar-refractivity contribution is 0.420. The molecule has 5 rings (SSSR count). The van der Waals surface area contributed by atoms with E-state index in [1.807, 2.05) is 60.7 Å². The fraction of sp³-hybridized carbons (Fsp3) is 0.0500. The second kappa shape index (κ2) is 7.24. The predicted molar refractivity (Wildman–Crippen MR) is 105 cm³/mol. The number of aromatic amines is 1. The molecule has 0 fully saturated rings. The number of hydrogen-bond acceptors (Lipinski definition) is 7. The number of H-pyrrole nitrogens is 1. The van der Waals surface area contributed by atoms with Gasteiger partial charge in [-0.15, -0.1) is 10.2 Å². The van der Waals surface area contributed by atoms with Gasteiger partial charge in [-0.2, -0.15) is 0 Å². The average Bonchev–Trinajstić information content (AvgIpc) is 3.37. The fourth-order valence-electron chi connectivity index (χ4n) is 2.82. The molecule has 8 heteroatoms. The molecular formula is C20H14N6OS. The number of imidazole rings is 1. The monoisotopic (exact) mass is 386 g/mol. The van der Waals surface area contributed by atoms with Crippen LogP contribution in [0.4, 0.5) is 0 Å². The minimum absolute atomic E-state index is 0.432. The molecule has 0 saturated heterocycles. The van der Waals surface area contributed by atoms with Gasteiger partial charge < -0.3 is 9.40 Å². The topological polar surface area (TPSA) is 93.4 Å². The van der Waals surface area contributed by atoms with E-state index in [0.29, 0.717) is 28.2 Å². The smallest absolute Gasteiger partial charge is 0.283 e. The first-order valence-corrected chi connectivity index (χ1v) is 9.47. The SMILES string of the molecule is c1ccc(Cc2nnc(Sc3ncnc4nc(-c5ccccc5)[nH]c34)o2)cc1. The van der Waals surface area contributed by atoms with Crippen molar-refractivity contribution in [2.45, 2.75) is 16.7 Å². The lowest BCUT2D eigenvalue weighted by Gasteiger charge is -1.97. The Morgan fingerprint density at radius 1 is 0.893 bits per heavy atom. The second-order valence-electron chi connectivity index (χ2n) is 6.06. The molecule has 0 saturated carbocycles. The van der Waals surface area contributed by atoms with Crippen molar-refractivity contribution < 1.29 is 4.42 Å². The zero-order chi connectivity index (χ0) is 18.8. The standard InChI is InChI=1S/C20H14N6OS/c1-3-7-13(8-4-1)11-15-25-26-20(27-15)28-19-16-18(21-12-22-19)24-17(23-16)14-9-5-2-6-10-14/h1-10,12H,11H2,(H,21,22,23,24). The van der Waals surface area contributed by atoms with Gasteiger partial charge in [-0.1, -0.05) is 60.7 Å². The van der Waals surface area contributed by atoms with Gasteiger partial charge in [0.1, 0.15) is 22.7 Å². The summed E-state index contributed by atoms with van der Waals surface area (Å²) in [4.78, 5) is 16.5. The zero-order valence-corrected chi connectivity index (χ0v) is 15.4. The van der Waals surface area contributed by atoms with Crippen LogP contribution in [0.3, 0.4) is 0 Å². The number of benzene rings is 2. The van der Waals surface area contributed by atoms with Crippen LogP contribution < -0.4 is 0 Å². The number of nitrogens with zero attached hydrogens (tertiary/aromatic N) is 5. The molecule has 3 aromatic heterocycles. The molecule has 0 bridgehead atoms. The number of nitrogens with one attached hydrogen (secondary N) is 1. The van der Waals surface area contributed by atoms with Crippen LogP contribution in [0, 0.1) is 0 Å². The fourth-order valence-corrected chi connectivity index (χ4v) is 3.55. The van der Waals surface area contributed by atoms with Crippen LogP contribution in [-0.4, -0.2) is 30.1 Å². The molecule has 0 amide bonds. The molecular weight excluding hydrogens is 372 g/mol. The molecule has 0 aliphatic heterocycles. The van der Waals surface area contributed by atoms with Crippen molar-refractivity contribution >= 4 is 22.9 Å². The van der Waals surface area contributed by atoms with Gasteiger partial charge in [-0.05, 0) is 17.3 Å². The maximum atomic E-state index is 5.78. The van der Waals surface area contributed by atoms with Crippen LogP contribution in [0.15, 0.2) is 81.7 Å². The molecule has 28 heavy (non-hydrogen) atoms. The first-order valence-electron chi connectivity index (χ1n) is 8.65. The Kier molecular flexibility index (Phi) is 4.30. The van der Waals surface area contributed by atoms with Crippen LogP contribution in [0.5, 0.6) is 0 Å². The summed E-state index contributed by atoms with van der Waals surface area (Å²) in [5, 5.41) is 9.39. The van der Waals surface area contributed by atoms with Crippen LogP contribution in [-0.2, 0) is 6.42 Å². The van der Waals surface area contributed by atoms with Crippen molar-refractivity contribution in [3.8, 4) is 11.4 Å². The van der Waals surface area contributed by atoms with Crippen LogP contribution in [0.2, 0.25) is 0 Å². The van der Waals surface area contributed by atoms with E-state index in [0.717, 1.165) is 22.5 Å². The van der Waals surface area contributed by atoms with E-state index in [-0.39, 0.29) is 0 Å². The Bertz CT molecular complexity index is 1220. The quantitative estimate of drug-likeness (QED) is 0.454. The van der Waals surface area contributed by atoms with Gasteiger partial charge in [0.15, 0.2) is 5.65 Å². The molecule has 0 radical (unpaired) electrons. The molecule has 0 aliphatic rings. The van der Waals surface area contributed by atoms with Crippen LogP contribution in [0.1, 0.15) is 11.5 Å². The maximum Gasteiger partial charge on any atom is 0.283 e. The summed E-state index contributed by atoms with van der Waals surface area (Å²) in [5.74, 6) is 1.31. The summed E-state index contributed by atoms with van der Waals surface area (Å²) < 4.78 is 5.78. The van der Waals surface area contributed by atoms with Gasteiger partial charge in [0, 0.05) is 5.56 Å². The van der Waals surface area contributed by atoms with Crippen molar-refractivity contribution in [2.75, 3.05) is 0 Å². The number of rotatable bonds is 5. The zero-order valence-electron chi connectivity index (χ0n) is 14.6. The Labute approximate surface area is 164 Å². The van der Waals surface area contributed by atoms with Gasteiger partial charge >= 0.3 is 0 Å². The Balaban J connectivity index is 1.42. The minimum atomic E-state index is 0.432. The van der Waals surface area contributed by atoms with Gasteiger partial charge in [0.05, 0.1) is 6.42 Å². The molecule has 0 spiro atoms. The summed E-state index contributed by atoms with van der Waals surface area (Å²) in [6.45, 7) is 0. The lowest BCUT2D eigenvalue weighted by atomic mass is 10.2. The van der Waals surface area contributed by atoms with E-state index >= 15 is 0 Å². The van der Waals surface area contributed by atoms with E-state index < -0.39 is 0 Å². The van der Waals surface area contributed by atoms with E-state index in [9.17, 15) is 0 Å². The van der Waals surface area contributed by atoms with Gasteiger partial charge in [-0.3, -0.25) is 0 Å². The molecule has 0 aliphatic carbocycles. The molecule has 1 N–H and O–H groups in total. The highest BCUT2D eigenvalue weighted by molar-refractivity contribution is 7.99. The number of aromatic nitrogens is 6. The predicted octanol–water partition coefficient (Wildman–Crippen LogP) is 4.14. The van der Waals surface area contributed by atoms with E-state index in [1.165, 1.54) is 18.1 Å². The third-order valence-electron chi connectivity index (χ3n) is 4.13. The Morgan fingerprint density at radius 3 is 2.50 bits per heavy atom. The van der Waals surface area contributed by atoms with Crippen molar-refractivity contribution in [2.24, 2.45) is 0 Å². The molecule has 136 valence electrons. The Hall–Kier alpha value is -3.52. The largest absolute Gasteiger partial charge is 0.415 e. The highest BCUT2D eigenvalue weighted by atomic mass is 32.2. The van der Waals surface area contributed by atoms with E-state index in [1.54, 1.807) is 0 Å². The normalized spacial score (nSPS) is 11.1. The van der Waals surface area contributed by atoms with Gasteiger partial charge in [0.2, 0.25) is 5.89 Å². The Morgan fingerprint density at radius 2 is 1.68 bits per heavy atom. The van der Waals surface area contributed by atoms with Crippen molar-refractivity contribution in [3.63, 3.8) is 0 Å². The van der Waals surface area contributed by atoms with Crippen molar-refractivity contribution in [1.82, 2.24) is 30.1 Å². The van der Waals surface area contributed by atoms with Crippen molar-refractivity contribution in [3.05, 3.63) is 78.4 Å². The summed E-state index contributed by atoms with van der Waals surface area (Å²) in [6.07, 6.45) is 2.08. The third kappa shape index (κ3) is 3.37. The van der Waals surface area contributed by atoms with E-state index in [2.05, 4.69) is 30.1 Å². The molecule has 0 atom stereocenters. The first kappa shape index (κ1) is 16.6.